The molecule has 9 nitrogen and oxygen atoms in total. The minimum absolute atomic E-state index is 0.0628. The molecule has 4 rings (SSSR count). The van der Waals surface area contributed by atoms with Crippen molar-refractivity contribution >= 4 is 28.7 Å². The zero-order valence-electron chi connectivity index (χ0n) is 15.0. The van der Waals surface area contributed by atoms with Gasteiger partial charge in [-0.1, -0.05) is 11.6 Å². The van der Waals surface area contributed by atoms with E-state index in [0.717, 1.165) is 0 Å². The number of amides is 1. The Morgan fingerprint density at radius 2 is 1.93 bits per heavy atom. The first-order chi connectivity index (χ1) is 13.9. The second kappa shape index (κ2) is 6.95. The number of H-pyrrole nitrogens is 1. The van der Waals surface area contributed by atoms with Crippen LogP contribution in [0.15, 0.2) is 47.3 Å². The molecule has 2 aromatic heterocycles. The Bertz CT molecular complexity index is 1310. The number of carbonyl (C=O) groups excluding carboxylic acids is 1. The number of phenolic OH excluding ortho intramolecular Hbond substituents is 1. The van der Waals surface area contributed by atoms with E-state index in [1.54, 1.807) is 30.3 Å². The molecule has 0 bridgehead atoms. The zero-order chi connectivity index (χ0) is 20.7. The lowest BCUT2D eigenvalue weighted by Crippen LogP contribution is -2.15. The SMILES string of the molecule is COc1cc(-c2nc(C(N)=O)c3[nH]c(=O)n(-c4ccc(Cl)cc4)c3n2)ccc1O. The zero-order valence-corrected chi connectivity index (χ0v) is 15.8. The van der Waals surface area contributed by atoms with Crippen LogP contribution in [0, 0.1) is 0 Å². The van der Waals surface area contributed by atoms with E-state index >= 15 is 0 Å². The molecule has 2 aromatic carbocycles. The number of nitrogens with zero attached hydrogens (tertiary/aromatic N) is 3. The molecule has 0 atom stereocenters. The molecule has 0 spiro atoms. The van der Waals surface area contributed by atoms with Gasteiger partial charge in [-0.05, 0) is 42.5 Å². The molecule has 0 radical (unpaired) electrons. The van der Waals surface area contributed by atoms with Gasteiger partial charge in [-0.15, -0.1) is 0 Å². The summed E-state index contributed by atoms with van der Waals surface area (Å²) in [5.74, 6) is -0.552. The lowest BCUT2D eigenvalue weighted by atomic mass is 10.2. The van der Waals surface area contributed by atoms with Crippen LogP contribution in [0.1, 0.15) is 10.5 Å². The van der Waals surface area contributed by atoms with E-state index < -0.39 is 11.6 Å². The standard InChI is InChI=1S/C19H14ClN5O4/c1-29-13-8-9(2-7-12(13)26)17-22-14(16(21)27)15-18(24-17)25(19(28)23-15)11-5-3-10(20)4-6-11/h2-8,26H,1H3,(H2,21,27)(H,23,28). The average Bonchev–Trinajstić information content (AvgIpc) is 3.04. The van der Waals surface area contributed by atoms with Crippen LogP contribution in [-0.4, -0.2) is 37.6 Å². The fourth-order valence-corrected chi connectivity index (χ4v) is 3.06. The monoisotopic (exact) mass is 411 g/mol. The molecule has 4 aromatic rings. The maximum Gasteiger partial charge on any atom is 0.332 e. The summed E-state index contributed by atoms with van der Waals surface area (Å²) in [6.07, 6.45) is 0. The van der Waals surface area contributed by atoms with Crippen molar-refractivity contribution in [2.75, 3.05) is 7.11 Å². The highest BCUT2D eigenvalue weighted by Crippen LogP contribution is 2.31. The second-order valence-electron chi connectivity index (χ2n) is 6.09. The topological polar surface area (TPSA) is 136 Å². The number of hydrogen-bond donors (Lipinski definition) is 3. The number of carbonyl (C=O) groups is 1. The van der Waals surface area contributed by atoms with Crippen LogP contribution in [0.3, 0.4) is 0 Å². The number of aromatic amines is 1. The quantitative estimate of drug-likeness (QED) is 0.471. The summed E-state index contributed by atoms with van der Waals surface area (Å²) in [4.78, 5) is 35.8. The van der Waals surface area contributed by atoms with Gasteiger partial charge in [-0.3, -0.25) is 4.79 Å². The van der Waals surface area contributed by atoms with Crippen LogP contribution in [0.25, 0.3) is 28.2 Å². The average molecular weight is 412 g/mol. The van der Waals surface area contributed by atoms with Gasteiger partial charge in [-0.25, -0.2) is 19.3 Å². The van der Waals surface area contributed by atoms with Crippen molar-refractivity contribution in [2.24, 2.45) is 5.73 Å². The minimum Gasteiger partial charge on any atom is -0.504 e. The number of aromatic nitrogens is 4. The number of aromatic hydroxyl groups is 1. The van der Waals surface area contributed by atoms with E-state index in [1.165, 1.54) is 23.8 Å². The molecule has 0 saturated carbocycles. The van der Waals surface area contributed by atoms with E-state index in [9.17, 15) is 14.7 Å². The van der Waals surface area contributed by atoms with E-state index in [1.807, 2.05) is 0 Å². The molecule has 10 heteroatoms. The Hall–Kier alpha value is -3.85. The molecule has 4 N–H and O–H groups in total. The highest BCUT2D eigenvalue weighted by Gasteiger charge is 2.20. The summed E-state index contributed by atoms with van der Waals surface area (Å²) in [6.45, 7) is 0. The van der Waals surface area contributed by atoms with Crippen molar-refractivity contribution < 1.29 is 14.6 Å². The van der Waals surface area contributed by atoms with E-state index in [2.05, 4.69) is 15.0 Å². The van der Waals surface area contributed by atoms with E-state index in [4.69, 9.17) is 22.1 Å². The van der Waals surface area contributed by atoms with E-state index in [0.29, 0.717) is 16.3 Å². The number of phenols is 1. The third kappa shape index (κ3) is 3.17. The maximum absolute atomic E-state index is 12.6. The van der Waals surface area contributed by atoms with Crippen molar-refractivity contribution in [1.82, 2.24) is 19.5 Å². The largest absolute Gasteiger partial charge is 0.504 e. The first-order valence-corrected chi connectivity index (χ1v) is 8.72. The van der Waals surface area contributed by atoms with Gasteiger partial charge in [0.05, 0.1) is 12.8 Å². The summed E-state index contributed by atoms with van der Waals surface area (Å²) in [5, 5.41) is 10.3. The lowest BCUT2D eigenvalue weighted by molar-refractivity contribution is 0.0997. The number of rotatable bonds is 4. The Balaban J connectivity index is 2.03. The highest BCUT2D eigenvalue weighted by molar-refractivity contribution is 6.30. The number of methoxy groups -OCH3 is 1. The van der Waals surface area contributed by atoms with Crippen molar-refractivity contribution in [3.8, 4) is 28.6 Å². The summed E-state index contributed by atoms with van der Waals surface area (Å²) < 4.78 is 6.40. The number of nitrogens with one attached hydrogen (secondary N) is 1. The number of benzene rings is 2. The number of halogens is 1. The second-order valence-corrected chi connectivity index (χ2v) is 6.52. The van der Waals surface area contributed by atoms with Gasteiger partial charge in [-0.2, -0.15) is 0 Å². The number of nitrogens with two attached hydrogens (primary N) is 1. The molecule has 0 saturated heterocycles. The number of ether oxygens (including phenoxy) is 1. The smallest absolute Gasteiger partial charge is 0.332 e. The van der Waals surface area contributed by atoms with Crippen LogP contribution in [-0.2, 0) is 0 Å². The Kier molecular flexibility index (Phi) is 4.44. The Morgan fingerprint density at radius 1 is 1.21 bits per heavy atom. The van der Waals surface area contributed by atoms with Crippen molar-refractivity contribution in [2.45, 2.75) is 0 Å². The molecular formula is C19H14ClN5O4. The van der Waals surface area contributed by atoms with Gasteiger partial charge in [0, 0.05) is 10.6 Å². The molecule has 2 heterocycles. The third-order valence-electron chi connectivity index (χ3n) is 4.29. The first kappa shape index (κ1) is 18.5. The fraction of sp³-hybridized carbons (Fsp3) is 0.0526. The number of fused-ring (bicyclic) bond motifs is 1. The van der Waals surface area contributed by atoms with Crippen LogP contribution < -0.4 is 16.2 Å². The molecule has 0 aliphatic rings. The fourth-order valence-electron chi connectivity index (χ4n) is 2.94. The molecule has 1 amide bonds. The summed E-state index contributed by atoms with van der Waals surface area (Å²) in [6, 6.07) is 11.0. The van der Waals surface area contributed by atoms with Gasteiger partial charge < -0.3 is 20.6 Å². The van der Waals surface area contributed by atoms with Gasteiger partial charge in [0.25, 0.3) is 5.91 Å². The van der Waals surface area contributed by atoms with Gasteiger partial charge in [0.15, 0.2) is 28.7 Å². The van der Waals surface area contributed by atoms with Gasteiger partial charge in [0.1, 0.15) is 5.52 Å². The third-order valence-corrected chi connectivity index (χ3v) is 4.54. The summed E-state index contributed by atoms with van der Waals surface area (Å²) in [5.41, 5.74) is 6.07. The molecular weight excluding hydrogens is 398 g/mol. The lowest BCUT2D eigenvalue weighted by Gasteiger charge is -2.08. The van der Waals surface area contributed by atoms with E-state index in [-0.39, 0.29) is 34.2 Å². The summed E-state index contributed by atoms with van der Waals surface area (Å²) in [7, 11) is 1.40. The van der Waals surface area contributed by atoms with Crippen molar-refractivity contribution in [3.05, 3.63) is 63.7 Å². The van der Waals surface area contributed by atoms with Gasteiger partial charge >= 0.3 is 5.69 Å². The number of hydrogen-bond acceptors (Lipinski definition) is 6. The highest BCUT2D eigenvalue weighted by atomic mass is 35.5. The normalized spacial score (nSPS) is 11.0. The predicted molar refractivity (Wildman–Crippen MR) is 107 cm³/mol. The molecule has 146 valence electrons. The number of imidazole rings is 1. The first-order valence-electron chi connectivity index (χ1n) is 8.35. The Labute approximate surface area is 168 Å². The molecule has 0 fully saturated rings. The Morgan fingerprint density at radius 3 is 2.59 bits per heavy atom. The van der Waals surface area contributed by atoms with Crippen LogP contribution in [0.2, 0.25) is 5.02 Å². The van der Waals surface area contributed by atoms with Crippen LogP contribution in [0.4, 0.5) is 0 Å². The molecule has 0 unspecified atom stereocenters. The summed E-state index contributed by atoms with van der Waals surface area (Å²) >= 11 is 5.93. The molecule has 29 heavy (non-hydrogen) atoms. The van der Waals surface area contributed by atoms with Crippen molar-refractivity contribution in [1.29, 1.82) is 0 Å². The van der Waals surface area contributed by atoms with Crippen LogP contribution >= 0.6 is 11.6 Å². The molecule has 0 aliphatic heterocycles. The number of primary amides is 1. The minimum atomic E-state index is -0.825. The molecule has 0 aliphatic carbocycles. The predicted octanol–water partition coefficient (Wildman–Crippen LogP) is 2.24. The maximum atomic E-state index is 12.6. The van der Waals surface area contributed by atoms with Gasteiger partial charge in [0.2, 0.25) is 0 Å². The van der Waals surface area contributed by atoms with Crippen LogP contribution in [0.5, 0.6) is 11.5 Å². The van der Waals surface area contributed by atoms with Crippen molar-refractivity contribution in [3.63, 3.8) is 0 Å².